The molecule has 16 rings (SSSR count). The van der Waals surface area contributed by atoms with E-state index in [2.05, 4.69) is 79.5 Å². The van der Waals surface area contributed by atoms with Gasteiger partial charge >= 0.3 is 0 Å². The van der Waals surface area contributed by atoms with E-state index in [0.29, 0.717) is 145 Å². The summed E-state index contributed by atoms with van der Waals surface area (Å²) in [6.45, 7) is 57.5. The Kier molecular flexibility index (Phi) is 17.1. The fraction of sp³-hybridized carbons (Fsp3) is 0. The number of nitriles is 6. The van der Waals surface area contributed by atoms with Crippen LogP contribution < -0.4 is 0 Å². The number of hydrogen-bond donors (Lipinski definition) is 0. The van der Waals surface area contributed by atoms with Crippen LogP contribution in [0.5, 0.6) is 0 Å². The molecule has 0 saturated heterocycles. The van der Waals surface area contributed by atoms with Crippen molar-refractivity contribution in [3.63, 3.8) is 0 Å². The Morgan fingerprint density at radius 1 is 0.250 bits per heavy atom. The van der Waals surface area contributed by atoms with Crippen molar-refractivity contribution in [1.29, 1.82) is 31.6 Å². The third-order valence-corrected chi connectivity index (χ3v) is 19.6. The van der Waals surface area contributed by atoms with Crippen LogP contribution in [-0.4, -0.2) is 24.1 Å². The monoisotopic (exact) mass is 1420 g/mol. The molecule has 0 spiro atoms. The normalized spacial score (nSPS) is 10.6. The van der Waals surface area contributed by atoms with E-state index in [-0.39, 0.29) is 73.1 Å². The van der Waals surface area contributed by atoms with E-state index in [1.807, 2.05) is 182 Å². The molecule has 18 nitrogen and oxygen atoms in total. The fourth-order valence-corrected chi connectivity index (χ4v) is 14.7. The molecule has 0 atom stereocenters. The summed E-state index contributed by atoms with van der Waals surface area (Å²) >= 11 is 0. The SMILES string of the molecule is [C-]#[N+]c1cccc(-c2ccc(-n3c4ccc(-c5c(C#N)cc(C#N)cc5[N+]#[C-])cc4c4cc(-c5c(C#N)cc([N+]#[C-])cc5[N+]#[C-])ccc43)c(-c3cc(-c4nc(-c5ccccc5)nc(-c5ccccc5)n4)ccc3-n3c4ccc(-c5c(C#N)cc(C#N)cc5[N+]#[C-])cc4c4cc(-c5c(C#N)cc([N+]#[C-])cc5[N+]#[C-])ccc43)c2)c1. The largest absolute Gasteiger partial charge is 0.309 e. The van der Waals surface area contributed by atoms with Gasteiger partial charge in [0.25, 0.3) is 0 Å². The lowest BCUT2D eigenvalue weighted by atomic mass is 9.93. The molecule has 0 fully saturated rings. The van der Waals surface area contributed by atoms with Gasteiger partial charge in [-0.1, -0.05) is 121 Å². The molecule has 0 aliphatic carbocycles. The molecule has 0 N–H and O–H groups in total. The van der Waals surface area contributed by atoms with Crippen LogP contribution in [0.1, 0.15) is 33.4 Å². The van der Waals surface area contributed by atoms with Crippen molar-refractivity contribution in [2.75, 3.05) is 0 Å². The van der Waals surface area contributed by atoms with Crippen LogP contribution >= 0.6 is 0 Å². The fourth-order valence-electron chi connectivity index (χ4n) is 14.7. The van der Waals surface area contributed by atoms with Crippen LogP contribution in [0.15, 0.2) is 243 Å². The summed E-state index contributed by atoms with van der Waals surface area (Å²) in [5, 5.41) is 65.7. The summed E-state index contributed by atoms with van der Waals surface area (Å²) in [6, 6.07) is 85.3. The van der Waals surface area contributed by atoms with Crippen LogP contribution in [0.3, 0.4) is 0 Å². The number of nitrogens with zero attached hydrogens (tertiary/aromatic N) is 18. The zero-order valence-corrected chi connectivity index (χ0v) is 58.1. The number of hydrogen-bond acceptors (Lipinski definition) is 9. The highest BCUT2D eigenvalue weighted by molar-refractivity contribution is 6.15. The highest BCUT2D eigenvalue weighted by Crippen LogP contribution is 2.50. The minimum absolute atomic E-state index is 0.0677. The summed E-state index contributed by atoms with van der Waals surface area (Å²) in [5.41, 5.74) is 12.7. The molecule has 3 heterocycles. The van der Waals surface area contributed by atoms with E-state index < -0.39 is 0 Å². The van der Waals surface area contributed by atoms with Crippen molar-refractivity contribution < 1.29 is 0 Å². The minimum Gasteiger partial charge on any atom is -0.309 e. The molecule has 0 amide bonds. The third kappa shape index (κ3) is 11.6. The molecule has 0 unspecified atom stereocenters. The average Bonchev–Trinajstić information content (AvgIpc) is 1.56. The molecule has 0 bridgehead atoms. The maximum Gasteiger partial charge on any atom is 0.197 e. The van der Waals surface area contributed by atoms with Gasteiger partial charge in [0.1, 0.15) is 0 Å². The quantitative estimate of drug-likeness (QED) is 0.112. The molecule has 13 aromatic carbocycles. The van der Waals surface area contributed by atoms with Crippen LogP contribution in [0, 0.1) is 114 Å². The van der Waals surface area contributed by atoms with E-state index in [1.54, 1.807) is 12.1 Å². The van der Waals surface area contributed by atoms with E-state index in [4.69, 9.17) is 61.0 Å². The van der Waals surface area contributed by atoms with Crippen molar-refractivity contribution >= 4 is 83.4 Å². The predicted molar refractivity (Wildman–Crippen MR) is 430 cm³/mol. The van der Waals surface area contributed by atoms with Crippen LogP contribution in [0.2, 0.25) is 0 Å². The van der Waals surface area contributed by atoms with Crippen molar-refractivity contribution in [1.82, 2.24) is 24.1 Å². The van der Waals surface area contributed by atoms with Crippen molar-refractivity contribution in [3.05, 3.63) is 356 Å². The van der Waals surface area contributed by atoms with Gasteiger partial charge in [-0.15, -0.1) is 0 Å². The Hall–Kier alpha value is -18.2. The van der Waals surface area contributed by atoms with Gasteiger partial charge in [-0.05, 0) is 155 Å². The highest BCUT2D eigenvalue weighted by atomic mass is 15.0. The molecule has 112 heavy (non-hydrogen) atoms. The summed E-state index contributed by atoms with van der Waals surface area (Å²) in [7, 11) is 0. The number of benzene rings is 13. The van der Waals surface area contributed by atoms with Gasteiger partial charge in [-0.2, -0.15) is 31.6 Å². The molecule has 506 valence electrons. The van der Waals surface area contributed by atoms with Crippen molar-refractivity contribution in [2.45, 2.75) is 0 Å². The maximum absolute atomic E-state index is 10.8. The Balaban J connectivity index is 1.07. The number of rotatable bonds is 11. The van der Waals surface area contributed by atoms with Gasteiger partial charge in [0.15, 0.2) is 57.3 Å². The molecule has 0 aliphatic heterocycles. The van der Waals surface area contributed by atoms with E-state index in [1.165, 1.54) is 48.5 Å². The van der Waals surface area contributed by atoms with Crippen molar-refractivity contribution in [3.8, 4) is 149 Å². The molecule has 3 aromatic heterocycles. The Bertz CT molecular complexity index is 6990. The van der Waals surface area contributed by atoms with Gasteiger partial charge in [0.05, 0.1) is 127 Å². The average molecular weight is 1420 g/mol. The topological polar surface area (TPSA) is 222 Å². The lowest BCUT2D eigenvalue weighted by Gasteiger charge is -2.21. The van der Waals surface area contributed by atoms with Gasteiger partial charge < -0.3 is 9.13 Å². The van der Waals surface area contributed by atoms with Crippen LogP contribution in [0.25, 0.3) is 190 Å². The van der Waals surface area contributed by atoms with Crippen molar-refractivity contribution in [2.24, 2.45) is 0 Å². The minimum atomic E-state index is 0.0677. The van der Waals surface area contributed by atoms with Crippen LogP contribution in [-0.2, 0) is 0 Å². The second kappa shape index (κ2) is 28.1. The van der Waals surface area contributed by atoms with Gasteiger partial charge in [-0.3, -0.25) is 0 Å². The van der Waals surface area contributed by atoms with Gasteiger partial charge in [0, 0.05) is 93.9 Å². The zero-order valence-electron chi connectivity index (χ0n) is 58.1. The first kappa shape index (κ1) is 68.3. The molecular weight excluding hydrogens is 1380 g/mol. The molecule has 0 radical (unpaired) electrons. The number of aromatic nitrogens is 5. The van der Waals surface area contributed by atoms with Gasteiger partial charge in [-0.25, -0.2) is 48.9 Å². The maximum atomic E-state index is 10.8. The van der Waals surface area contributed by atoms with E-state index in [9.17, 15) is 31.6 Å². The third-order valence-electron chi connectivity index (χ3n) is 19.6. The first-order chi connectivity index (χ1) is 54.9. The Morgan fingerprint density at radius 3 is 0.929 bits per heavy atom. The number of fused-ring (bicyclic) bond motifs is 6. The Labute approximate surface area is 640 Å². The van der Waals surface area contributed by atoms with Gasteiger partial charge in [0.2, 0.25) is 0 Å². The zero-order chi connectivity index (χ0) is 77.4. The summed E-state index contributed by atoms with van der Waals surface area (Å²) in [6.07, 6.45) is 0. The summed E-state index contributed by atoms with van der Waals surface area (Å²) in [4.78, 5) is 42.0. The second-order valence-corrected chi connectivity index (χ2v) is 25.7. The summed E-state index contributed by atoms with van der Waals surface area (Å²) < 4.78 is 4.17. The van der Waals surface area contributed by atoms with Crippen LogP contribution in [0.4, 0.5) is 39.8 Å². The molecular formula is C94H40N18. The predicted octanol–water partition coefficient (Wildman–Crippen LogP) is 24.2. The molecule has 0 saturated carbocycles. The first-order valence-corrected chi connectivity index (χ1v) is 34.1. The highest BCUT2D eigenvalue weighted by Gasteiger charge is 2.28. The molecule has 0 aliphatic rings. The summed E-state index contributed by atoms with van der Waals surface area (Å²) in [5.74, 6) is 1.08. The lowest BCUT2D eigenvalue weighted by molar-refractivity contribution is 1.07. The van der Waals surface area contributed by atoms with E-state index in [0.717, 1.165) is 11.1 Å². The standard InChI is InChI=1S/C94H40N18/c1-101-69-20-14-19-58(37-69)59-21-27-82(111-83-28-22-60(88-65(50-97)33-54(48-95)35-78(88)104-4)41-73(83)75-43-62(24-30-84(75)111)90-67(52-99)38-70(102-2)46-80(90)106-6)72(40-59)77-45-64(94-109-92(56-15-10-8-11-16-56)108-93(110-94)57-17-12-9-13-18-57)26-32-87(77)112-85-29-23-61(89-66(51-98)34-55(49-96)36-79(89)105-5)42-74(85)76-44-63(25-31-86(76)112)91-68(53-100)39-71(103-3)47-81(91)107-7/h8-47H. The Morgan fingerprint density at radius 2 is 0.571 bits per heavy atom. The lowest BCUT2D eigenvalue weighted by Crippen LogP contribution is -2.04. The smallest absolute Gasteiger partial charge is 0.197 e. The van der Waals surface area contributed by atoms with E-state index >= 15 is 0 Å². The first-order valence-electron chi connectivity index (χ1n) is 34.1. The molecule has 18 heteroatoms. The molecule has 16 aromatic rings. The second-order valence-electron chi connectivity index (χ2n) is 25.7.